The standard InChI is InChI=1S/C14H27N3O/c1-6-14(4,17(7-2)8-3)13(18)9-12-10-15-16(5)11-12/h10-11,13,18H,6-9H2,1-5H3. The quantitative estimate of drug-likeness (QED) is 0.806. The Kier molecular flexibility index (Phi) is 5.35. The highest BCUT2D eigenvalue weighted by atomic mass is 16.3. The molecule has 0 bridgehead atoms. The number of aliphatic hydroxyl groups is 1. The van der Waals surface area contributed by atoms with E-state index in [0.717, 1.165) is 25.1 Å². The van der Waals surface area contributed by atoms with Gasteiger partial charge in [-0.05, 0) is 32.0 Å². The molecule has 0 aliphatic rings. The highest BCUT2D eigenvalue weighted by Gasteiger charge is 2.35. The maximum Gasteiger partial charge on any atom is 0.0762 e. The summed E-state index contributed by atoms with van der Waals surface area (Å²) in [4.78, 5) is 2.34. The van der Waals surface area contributed by atoms with Gasteiger partial charge in [-0.1, -0.05) is 20.8 Å². The predicted octanol–water partition coefficient (Wildman–Crippen LogP) is 1.83. The van der Waals surface area contributed by atoms with Crippen LogP contribution in [0.2, 0.25) is 0 Å². The molecular formula is C14H27N3O. The van der Waals surface area contributed by atoms with Gasteiger partial charge < -0.3 is 5.11 Å². The van der Waals surface area contributed by atoms with E-state index in [-0.39, 0.29) is 11.6 Å². The number of likely N-dealkylation sites (N-methyl/N-ethyl adjacent to an activating group) is 1. The number of aliphatic hydroxyl groups excluding tert-OH is 1. The molecule has 0 spiro atoms. The lowest BCUT2D eigenvalue weighted by Gasteiger charge is -2.43. The van der Waals surface area contributed by atoms with Crippen LogP contribution in [-0.4, -0.2) is 44.5 Å². The van der Waals surface area contributed by atoms with Crippen LogP contribution in [0.5, 0.6) is 0 Å². The minimum Gasteiger partial charge on any atom is -0.391 e. The Morgan fingerprint density at radius 1 is 1.39 bits per heavy atom. The summed E-state index contributed by atoms with van der Waals surface area (Å²) in [5.74, 6) is 0. The third-order valence-corrected chi connectivity index (χ3v) is 4.11. The topological polar surface area (TPSA) is 41.3 Å². The van der Waals surface area contributed by atoms with Crippen molar-refractivity contribution in [2.45, 2.75) is 52.2 Å². The van der Waals surface area contributed by atoms with Gasteiger partial charge in [0.1, 0.15) is 0 Å². The second kappa shape index (κ2) is 6.34. The molecule has 0 aromatic carbocycles. The van der Waals surface area contributed by atoms with E-state index in [1.807, 2.05) is 19.4 Å². The Labute approximate surface area is 111 Å². The Hall–Kier alpha value is -0.870. The van der Waals surface area contributed by atoms with Crippen molar-refractivity contribution < 1.29 is 5.11 Å². The van der Waals surface area contributed by atoms with Gasteiger partial charge in [-0.15, -0.1) is 0 Å². The smallest absolute Gasteiger partial charge is 0.0762 e. The van der Waals surface area contributed by atoms with Gasteiger partial charge in [-0.25, -0.2) is 0 Å². The van der Waals surface area contributed by atoms with Crippen LogP contribution in [-0.2, 0) is 13.5 Å². The van der Waals surface area contributed by atoms with Gasteiger partial charge in [-0.2, -0.15) is 5.10 Å². The molecule has 0 amide bonds. The number of hydrogen-bond donors (Lipinski definition) is 1. The van der Waals surface area contributed by atoms with Crippen LogP contribution < -0.4 is 0 Å². The molecular weight excluding hydrogens is 226 g/mol. The van der Waals surface area contributed by atoms with Crippen molar-refractivity contribution in [1.82, 2.24) is 14.7 Å². The zero-order chi connectivity index (χ0) is 13.8. The summed E-state index contributed by atoms with van der Waals surface area (Å²) < 4.78 is 1.78. The van der Waals surface area contributed by atoms with Crippen molar-refractivity contribution in [3.05, 3.63) is 18.0 Å². The molecule has 1 rings (SSSR count). The SMILES string of the molecule is CCN(CC)C(C)(CC)C(O)Cc1cnn(C)c1. The molecule has 2 atom stereocenters. The summed E-state index contributed by atoms with van der Waals surface area (Å²) in [5, 5.41) is 14.7. The first-order valence-corrected chi connectivity index (χ1v) is 6.88. The summed E-state index contributed by atoms with van der Waals surface area (Å²) in [6, 6.07) is 0. The van der Waals surface area contributed by atoms with E-state index in [1.165, 1.54) is 0 Å². The predicted molar refractivity (Wildman–Crippen MR) is 74.5 cm³/mol. The van der Waals surface area contributed by atoms with Crippen LogP contribution in [0.4, 0.5) is 0 Å². The van der Waals surface area contributed by atoms with Gasteiger partial charge in [0.15, 0.2) is 0 Å². The normalized spacial score (nSPS) is 16.8. The third kappa shape index (κ3) is 3.12. The molecule has 1 aromatic heterocycles. The van der Waals surface area contributed by atoms with Crippen molar-refractivity contribution in [2.75, 3.05) is 13.1 Å². The summed E-state index contributed by atoms with van der Waals surface area (Å²) >= 11 is 0. The minimum atomic E-state index is -0.369. The fraction of sp³-hybridized carbons (Fsp3) is 0.786. The summed E-state index contributed by atoms with van der Waals surface area (Å²) in [6.45, 7) is 10.5. The molecule has 4 heteroatoms. The zero-order valence-corrected chi connectivity index (χ0v) is 12.3. The fourth-order valence-corrected chi connectivity index (χ4v) is 2.64. The molecule has 4 nitrogen and oxygen atoms in total. The number of aromatic nitrogens is 2. The number of rotatable bonds is 7. The van der Waals surface area contributed by atoms with Crippen LogP contribution in [0.3, 0.4) is 0 Å². The summed E-state index contributed by atoms with van der Waals surface area (Å²) in [5.41, 5.74) is 0.927. The third-order valence-electron chi connectivity index (χ3n) is 4.11. The van der Waals surface area contributed by atoms with Crippen LogP contribution in [0, 0.1) is 0 Å². The molecule has 104 valence electrons. The molecule has 1 N–H and O–H groups in total. The molecule has 1 heterocycles. The molecule has 18 heavy (non-hydrogen) atoms. The number of aryl methyl sites for hydroxylation is 1. The number of nitrogens with zero attached hydrogens (tertiary/aromatic N) is 3. The highest BCUT2D eigenvalue weighted by Crippen LogP contribution is 2.25. The van der Waals surface area contributed by atoms with E-state index >= 15 is 0 Å². The second-order valence-corrected chi connectivity index (χ2v) is 5.13. The molecule has 0 saturated heterocycles. The second-order valence-electron chi connectivity index (χ2n) is 5.13. The fourth-order valence-electron chi connectivity index (χ4n) is 2.64. The van der Waals surface area contributed by atoms with Gasteiger partial charge >= 0.3 is 0 Å². The van der Waals surface area contributed by atoms with E-state index in [2.05, 4.69) is 37.7 Å². The Balaban J connectivity index is 2.80. The molecule has 1 aromatic rings. The van der Waals surface area contributed by atoms with Crippen LogP contribution in [0.1, 0.15) is 39.7 Å². The minimum absolute atomic E-state index is 0.167. The lowest BCUT2D eigenvalue weighted by Crippen LogP contribution is -2.54. The molecule has 0 radical (unpaired) electrons. The van der Waals surface area contributed by atoms with Gasteiger partial charge in [0.05, 0.1) is 12.3 Å². The lowest BCUT2D eigenvalue weighted by molar-refractivity contribution is -0.0190. The Morgan fingerprint density at radius 3 is 2.39 bits per heavy atom. The monoisotopic (exact) mass is 253 g/mol. The first-order chi connectivity index (χ1) is 8.47. The molecule has 0 aliphatic heterocycles. The molecule has 2 unspecified atom stereocenters. The van der Waals surface area contributed by atoms with E-state index in [1.54, 1.807) is 4.68 Å². The first kappa shape index (κ1) is 15.2. The maximum absolute atomic E-state index is 10.6. The summed E-state index contributed by atoms with van der Waals surface area (Å²) in [6.07, 6.45) is 5.04. The first-order valence-electron chi connectivity index (χ1n) is 6.88. The van der Waals surface area contributed by atoms with E-state index in [0.29, 0.717) is 6.42 Å². The molecule has 0 fully saturated rings. The lowest BCUT2D eigenvalue weighted by atomic mass is 9.86. The van der Waals surface area contributed by atoms with Gasteiger partial charge in [-0.3, -0.25) is 9.58 Å². The Morgan fingerprint density at radius 2 is 2.00 bits per heavy atom. The number of hydrogen-bond acceptors (Lipinski definition) is 3. The van der Waals surface area contributed by atoms with Crippen LogP contribution in [0.15, 0.2) is 12.4 Å². The Bertz CT molecular complexity index is 360. The average Bonchev–Trinajstić information content (AvgIpc) is 2.75. The van der Waals surface area contributed by atoms with Crippen LogP contribution >= 0.6 is 0 Å². The van der Waals surface area contributed by atoms with E-state index in [4.69, 9.17) is 0 Å². The average molecular weight is 253 g/mol. The maximum atomic E-state index is 10.6. The van der Waals surface area contributed by atoms with Crippen LogP contribution in [0.25, 0.3) is 0 Å². The van der Waals surface area contributed by atoms with Gasteiger partial charge in [0.25, 0.3) is 0 Å². The van der Waals surface area contributed by atoms with Crippen molar-refractivity contribution in [2.24, 2.45) is 7.05 Å². The summed E-state index contributed by atoms with van der Waals surface area (Å²) in [7, 11) is 1.90. The van der Waals surface area contributed by atoms with Crippen molar-refractivity contribution in [1.29, 1.82) is 0 Å². The van der Waals surface area contributed by atoms with Crippen molar-refractivity contribution in [3.63, 3.8) is 0 Å². The van der Waals surface area contributed by atoms with Gasteiger partial charge in [0.2, 0.25) is 0 Å². The zero-order valence-electron chi connectivity index (χ0n) is 12.3. The van der Waals surface area contributed by atoms with Crippen molar-refractivity contribution >= 4 is 0 Å². The highest BCUT2D eigenvalue weighted by molar-refractivity contribution is 5.08. The van der Waals surface area contributed by atoms with Gasteiger partial charge in [0, 0.05) is 25.2 Å². The van der Waals surface area contributed by atoms with Crippen molar-refractivity contribution in [3.8, 4) is 0 Å². The molecule has 0 saturated carbocycles. The molecule has 0 aliphatic carbocycles. The van der Waals surface area contributed by atoms with E-state index in [9.17, 15) is 5.11 Å². The van der Waals surface area contributed by atoms with E-state index < -0.39 is 0 Å². The largest absolute Gasteiger partial charge is 0.391 e.